The fourth-order valence-electron chi connectivity index (χ4n) is 2.42. The van der Waals surface area contributed by atoms with Gasteiger partial charge in [-0.05, 0) is 29.7 Å². The molecule has 0 spiro atoms. The molecule has 0 aliphatic heterocycles. The summed E-state index contributed by atoms with van der Waals surface area (Å²) in [5, 5.41) is 2.75. The zero-order valence-corrected chi connectivity index (χ0v) is 13.9. The summed E-state index contributed by atoms with van der Waals surface area (Å²) in [6, 6.07) is 15.3. The van der Waals surface area contributed by atoms with Gasteiger partial charge in [0.1, 0.15) is 0 Å². The Kier molecular flexibility index (Phi) is 6.20. The van der Waals surface area contributed by atoms with E-state index in [1.54, 1.807) is 31.2 Å². The van der Waals surface area contributed by atoms with Gasteiger partial charge in [-0.3, -0.25) is 4.79 Å². The molecule has 0 aliphatic rings. The maximum atomic E-state index is 12.3. The van der Waals surface area contributed by atoms with Crippen molar-refractivity contribution >= 4 is 11.6 Å². The SMILES string of the molecule is CC(C(=O)Nc1ccc(CCC(F)(F)F)cc1)C(N)c1ccccc1. The molecule has 2 rings (SSSR count). The minimum atomic E-state index is -4.17. The van der Waals surface area contributed by atoms with Crippen molar-refractivity contribution in [1.29, 1.82) is 0 Å². The molecule has 0 aromatic heterocycles. The molecule has 0 fully saturated rings. The smallest absolute Gasteiger partial charge is 0.326 e. The van der Waals surface area contributed by atoms with Crippen LogP contribution in [0.1, 0.15) is 30.5 Å². The molecular formula is C19H21F3N2O. The lowest BCUT2D eigenvalue weighted by Gasteiger charge is -2.20. The Morgan fingerprint density at radius 3 is 2.24 bits per heavy atom. The van der Waals surface area contributed by atoms with Crippen LogP contribution in [0, 0.1) is 5.92 Å². The van der Waals surface area contributed by atoms with E-state index in [-0.39, 0.29) is 12.3 Å². The molecule has 2 unspecified atom stereocenters. The van der Waals surface area contributed by atoms with Crippen LogP contribution in [-0.2, 0) is 11.2 Å². The number of rotatable bonds is 6. The van der Waals surface area contributed by atoms with Gasteiger partial charge in [-0.1, -0.05) is 49.4 Å². The highest BCUT2D eigenvalue weighted by Gasteiger charge is 2.26. The summed E-state index contributed by atoms with van der Waals surface area (Å²) in [5.74, 6) is -0.688. The predicted octanol–water partition coefficient (Wildman–Crippen LogP) is 4.46. The molecule has 0 heterocycles. The Hall–Kier alpha value is -2.34. The van der Waals surface area contributed by atoms with Gasteiger partial charge in [-0.2, -0.15) is 13.2 Å². The zero-order valence-electron chi connectivity index (χ0n) is 13.9. The minimum absolute atomic E-state index is 0.0764. The third kappa shape index (κ3) is 5.90. The van der Waals surface area contributed by atoms with Gasteiger partial charge in [-0.15, -0.1) is 0 Å². The monoisotopic (exact) mass is 350 g/mol. The summed E-state index contributed by atoms with van der Waals surface area (Å²) in [7, 11) is 0. The van der Waals surface area contributed by atoms with Crippen molar-refractivity contribution in [3.8, 4) is 0 Å². The number of carbonyl (C=O) groups excluding carboxylic acids is 1. The van der Waals surface area contributed by atoms with E-state index in [1.165, 1.54) is 0 Å². The summed E-state index contributed by atoms with van der Waals surface area (Å²) < 4.78 is 36.7. The number of hydrogen-bond acceptors (Lipinski definition) is 2. The van der Waals surface area contributed by atoms with Gasteiger partial charge < -0.3 is 11.1 Å². The summed E-state index contributed by atoms with van der Waals surface area (Å²) in [4.78, 5) is 12.3. The van der Waals surface area contributed by atoms with E-state index < -0.39 is 24.6 Å². The molecule has 25 heavy (non-hydrogen) atoms. The minimum Gasteiger partial charge on any atom is -0.326 e. The van der Waals surface area contributed by atoms with Gasteiger partial charge in [0.2, 0.25) is 5.91 Å². The quantitative estimate of drug-likeness (QED) is 0.808. The summed E-state index contributed by atoms with van der Waals surface area (Å²) in [6.45, 7) is 1.74. The summed E-state index contributed by atoms with van der Waals surface area (Å²) >= 11 is 0. The maximum absolute atomic E-state index is 12.3. The van der Waals surface area contributed by atoms with Gasteiger partial charge in [0.15, 0.2) is 0 Å². The maximum Gasteiger partial charge on any atom is 0.389 e. The van der Waals surface area contributed by atoms with Gasteiger partial charge >= 0.3 is 6.18 Å². The normalized spacial score (nSPS) is 14.0. The first-order valence-corrected chi connectivity index (χ1v) is 8.03. The van der Waals surface area contributed by atoms with Gasteiger partial charge in [0, 0.05) is 18.2 Å². The number of benzene rings is 2. The Morgan fingerprint density at radius 1 is 1.08 bits per heavy atom. The van der Waals surface area contributed by atoms with Crippen LogP contribution in [0.2, 0.25) is 0 Å². The third-order valence-corrected chi connectivity index (χ3v) is 4.06. The van der Waals surface area contributed by atoms with Gasteiger partial charge in [0.05, 0.1) is 5.92 Å². The van der Waals surface area contributed by atoms with E-state index in [0.717, 1.165) is 5.56 Å². The van der Waals surface area contributed by atoms with Crippen molar-refractivity contribution in [1.82, 2.24) is 0 Å². The summed E-state index contributed by atoms with van der Waals surface area (Å²) in [5.41, 5.74) is 8.11. The number of aryl methyl sites for hydroxylation is 1. The van der Waals surface area contributed by atoms with Crippen LogP contribution in [0.5, 0.6) is 0 Å². The van der Waals surface area contributed by atoms with Crippen LogP contribution in [0.4, 0.5) is 18.9 Å². The number of nitrogens with one attached hydrogen (secondary N) is 1. The second kappa shape index (κ2) is 8.16. The van der Waals surface area contributed by atoms with E-state index in [0.29, 0.717) is 11.3 Å². The molecule has 1 amide bonds. The number of carbonyl (C=O) groups is 1. The number of anilines is 1. The van der Waals surface area contributed by atoms with Crippen LogP contribution in [0.15, 0.2) is 54.6 Å². The molecule has 2 aromatic carbocycles. The van der Waals surface area contributed by atoms with Crippen molar-refractivity contribution in [3.05, 3.63) is 65.7 Å². The first kappa shape index (κ1) is 19.0. The highest BCUT2D eigenvalue weighted by Crippen LogP contribution is 2.23. The molecule has 6 heteroatoms. The highest BCUT2D eigenvalue weighted by molar-refractivity contribution is 5.92. The van der Waals surface area contributed by atoms with Crippen molar-refractivity contribution in [2.24, 2.45) is 11.7 Å². The third-order valence-electron chi connectivity index (χ3n) is 4.06. The van der Waals surface area contributed by atoms with Crippen molar-refractivity contribution in [3.63, 3.8) is 0 Å². The predicted molar refractivity (Wildman–Crippen MR) is 92.0 cm³/mol. The fourth-order valence-corrected chi connectivity index (χ4v) is 2.42. The largest absolute Gasteiger partial charge is 0.389 e. The summed E-state index contributed by atoms with van der Waals surface area (Å²) in [6.07, 6.45) is -5.11. The first-order valence-electron chi connectivity index (χ1n) is 8.03. The van der Waals surface area contributed by atoms with E-state index in [2.05, 4.69) is 5.32 Å². The van der Waals surface area contributed by atoms with Crippen LogP contribution >= 0.6 is 0 Å². The lowest BCUT2D eigenvalue weighted by molar-refractivity contribution is -0.134. The highest BCUT2D eigenvalue weighted by atomic mass is 19.4. The van der Waals surface area contributed by atoms with Crippen molar-refractivity contribution in [2.75, 3.05) is 5.32 Å². The number of nitrogens with two attached hydrogens (primary N) is 1. The van der Waals surface area contributed by atoms with E-state index in [4.69, 9.17) is 5.73 Å². The number of halogens is 3. The molecule has 2 aromatic rings. The van der Waals surface area contributed by atoms with Crippen molar-refractivity contribution < 1.29 is 18.0 Å². The standard InChI is InChI=1S/C19H21F3N2O/c1-13(17(23)15-5-3-2-4-6-15)18(25)24-16-9-7-14(8-10-16)11-12-19(20,21)22/h2-10,13,17H,11-12,23H2,1H3,(H,24,25). The van der Waals surface area contributed by atoms with E-state index in [9.17, 15) is 18.0 Å². The van der Waals surface area contributed by atoms with Crippen LogP contribution in [-0.4, -0.2) is 12.1 Å². The lowest BCUT2D eigenvalue weighted by Crippen LogP contribution is -2.30. The fraction of sp³-hybridized carbons (Fsp3) is 0.316. The average molecular weight is 350 g/mol. The molecule has 0 saturated heterocycles. The molecule has 0 bridgehead atoms. The molecule has 0 aliphatic carbocycles. The molecule has 2 atom stereocenters. The zero-order chi connectivity index (χ0) is 18.4. The Labute approximate surface area is 145 Å². The number of amides is 1. The topological polar surface area (TPSA) is 55.1 Å². The van der Waals surface area contributed by atoms with Crippen LogP contribution < -0.4 is 11.1 Å². The lowest BCUT2D eigenvalue weighted by atomic mass is 9.94. The van der Waals surface area contributed by atoms with Crippen molar-refractivity contribution in [2.45, 2.75) is 32.0 Å². The van der Waals surface area contributed by atoms with Gasteiger partial charge in [-0.25, -0.2) is 0 Å². The average Bonchev–Trinajstić information content (AvgIpc) is 2.60. The first-order chi connectivity index (χ1) is 11.8. The number of hydrogen-bond donors (Lipinski definition) is 2. The number of alkyl halides is 3. The molecule has 0 saturated carbocycles. The Morgan fingerprint density at radius 2 is 1.68 bits per heavy atom. The Balaban J connectivity index is 1.93. The van der Waals surface area contributed by atoms with Crippen LogP contribution in [0.25, 0.3) is 0 Å². The second-order valence-electron chi connectivity index (χ2n) is 6.03. The second-order valence-corrected chi connectivity index (χ2v) is 6.03. The molecule has 3 nitrogen and oxygen atoms in total. The molecule has 3 N–H and O–H groups in total. The molecule has 134 valence electrons. The van der Waals surface area contributed by atoms with E-state index >= 15 is 0 Å². The van der Waals surface area contributed by atoms with E-state index in [1.807, 2.05) is 30.3 Å². The van der Waals surface area contributed by atoms with Gasteiger partial charge in [0.25, 0.3) is 0 Å². The molecular weight excluding hydrogens is 329 g/mol. The van der Waals surface area contributed by atoms with Crippen LogP contribution in [0.3, 0.4) is 0 Å². The Bertz CT molecular complexity index is 684. The molecule has 0 radical (unpaired) electrons.